The number of para-hydroxylation sites is 2. The summed E-state index contributed by atoms with van der Waals surface area (Å²) >= 11 is 1.87. The van der Waals surface area contributed by atoms with Crippen LogP contribution in [0.5, 0.6) is 0 Å². The molecule has 164 valence electrons. The lowest BCUT2D eigenvalue weighted by molar-refractivity contribution is 0.479. The molecule has 0 N–H and O–H groups in total. The molecule has 3 aromatic heterocycles. The van der Waals surface area contributed by atoms with Crippen LogP contribution >= 0.6 is 11.3 Å². The summed E-state index contributed by atoms with van der Waals surface area (Å²) in [7, 11) is 0. The van der Waals surface area contributed by atoms with E-state index in [0.29, 0.717) is 5.39 Å². The summed E-state index contributed by atoms with van der Waals surface area (Å²) in [6.45, 7) is 4.56. The molecule has 0 bridgehead atoms. The van der Waals surface area contributed by atoms with Gasteiger partial charge in [-0.25, -0.2) is 0 Å². The quantitative estimate of drug-likeness (QED) is 0.239. The lowest BCUT2D eigenvalue weighted by Gasteiger charge is -2.23. The number of rotatable bonds is 1. The molecule has 0 saturated carbocycles. The maximum absolute atomic E-state index is 13.9. The fraction of sp³-hybridized carbons (Fsp3) is 0.133. The molecule has 4 heteroatoms. The van der Waals surface area contributed by atoms with Gasteiger partial charge in [0, 0.05) is 43.0 Å². The van der Waals surface area contributed by atoms with E-state index in [1.807, 2.05) is 52.3 Å². The predicted octanol–water partition coefficient (Wildman–Crippen LogP) is 7.50. The first kappa shape index (κ1) is 19.7. The Morgan fingerprint density at radius 1 is 0.912 bits per heavy atom. The number of thiophene rings is 1. The van der Waals surface area contributed by atoms with Gasteiger partial charge >= 0.3 is 0 Å². The van der Waals surface area contributed by atoms with E-state index in [1.165, 1.54) is 20.5 Å². The van der Waals surface area contributed by atoms with E-state index in [1.54, 1.807) is 6.20 Å². The van der Waals surface area contributed by atoms with Crippen LogP contribution in [0.1, 0.15) is 24.3 Å². The molecule has 3 aromatic carbocycles. The fourth-order valence-corrected chi connectivity index (χ4v) is 6.76. The van der Waals surface area contributed by atoms with Gasteiger partial charge in [-0.1, -0.05) is 62.4 Å². The van der Waals surface area contributed by atoms with E-state index >= 15 is 0 Å². The second-order valence-electron chi connectivity index (χ2n) is 9.84. The molecule has 1 aliphatic carbocycles. The van der Waals surface area contributed by atoms with Gasteiger partial charge in [-0.15, -0.1) is 11.3 Å². The minimum absolute atomic E-state index is 0.0351. The summed E-state index contributed by atoms with van der Waals surface area (Å²) < 4.78 is 3.12. The molecule has 0 saturated heterocycles. The van der Waals surface area contributed by atoms with Crippen LogP contribution in [-0.4, -0.2) is 9.55 Å². The van der Waals surface area contributed by atoms with Gasteiger partial charge in [0.2, 0.25) is 0 Å². The van der Waals surface area contributed by atoms with Crippen molar-refractivity contribution < 1.29 is 0 Å². The van der Waals surface area contributed by atoms with Gasteiger partial charge in [-0.05, 0) is 47.7 Å². The second-order valence-corrected chi connectivity index (χ2v) is 11.0. The van der Waals surface area contributed by atoms with Gasteiger partial charge in [0.1, 0.15) is 0 Å². The SMILES string of the molecule is CC1(C)C=Cc2c(sc3ccc(-n4c(=O)c5cnc6ccccc6c5c5ccccc54)cc23)C1. The number of fused-ring (bicyclic) bond motifs is 8. The number of hydrogen-bond donors (Lipinski definition) is 0. The van der Waals surface area contributed by atoms with Crippen LogP contribution in [-0.2, 0) is 6.42 Å². The lowest BCUT2D eigenvalue weighted by Crippen LogP contribution is -2.19. The smallest absolute Gasteiger partial charge is 0.265 e. The van der Waals surface area contributed by atoms with Crippen LogP contribution < -0.4 is 5.56 Å². The topological polar surface area (TPSA) is 34.9 Å². The van der Waals surface area contributed by atoms with E-state index in [4.69, 9.17) is 0 Å². The van der Waals surface area contributed by atoms with Crippen LogP contribution in [0, 0.1) is 5.41 Å². The largest absolute Gasteiger partial charge is 0.276 e. The molecule has 0 spiro atoms. The molecule has 34 heavy (non-hydrogen) atoms. The number of benzene rings is 3. The zero-order valence-corrected chi connectivity index (χ0v) is 19.8. The fourth-order valence-electron chi connectivity index (χ4n) is 5.35. The van der Waals surface area contributed by atoms with Crippen molar-refractivity contribution >= 4 is 60.1 Å². The molecular weight excluding hydrogens is 436 g/mol. The number of hydrogen-bond acceptors (Lipinski definition) is 3. The zero-order chi connectivity index (χ0) is 23.0. The van der Waals surface area contributed by atoms with Crippen molar-refractivity contribution in [1.29, 1.82) is 0 Å². The molecule has 0 unspecified atom stereocenters. The zero-order valence-electron chi connectivity index (χ0n) is 19.0. The molecule has 0 atom stereocenters. The summed E-state index contributed by atoms with van der Waals surface area (Å²) in [6.07, 6.45) is 7.35. The Balaban J connectivity index is 1.57. The van der Waals surface area contributed by atoms with E-state index in [2.05, 4.69) is 61.3 Å². The standard InChI is InChI=1S/C30H22N2OS/c1-30(2)14-13-19-22-15-18(11-12-26(22)34-27(19)16-30)32-25-10-6-4-8-21(25)28-20-7-3-5-9-24(20)31-17-23(28)29(32)33/h3-15,17H,16H2,1-2H3. The first-order chi connectivity index (χ1) is 16.5. The van der Waals surface area contributed by atoms with Gasteiger partial charge in [0.05, 0.1) is 16.4 Å². The molecule has 0 aliphatic heterocycles. The Morgan fingerprint density at radius 2 is 1.71 bits per heavy atom. The maximum Gasteiger partial charge on any atom is 0.265 e. The number of pyridine rings is 2. The van der Waals surface area contributed by atoms with Crippen molar-refractivity contribution in [3.8, 4) is 5.69 Å². The average Bonchev–Trinajstić information content (AvgIpc) is 3.19. The van der Waals surface area contributed by atoms with E-state index in [0.717, 1.165) is 39.3 Å². The van der Waals surface area contributed by atoms with Gasteiger partial charge in [0.15, 0.2) is 0 Å². The first-order valence-corrected chi connectivity index (χ1v) is 12.4. The highest BCUT2D eigenvalue weighted by Crippen LogP contribution is 2.41. The number of allylic oxidation sites excluding steroid dienone is 1. The molecule has 3 heterocycles. The van der Waals surface area contributed by atoms with Gasteiger partial charge in [0.25, 0.3) is 5.56 Å². The van der Waals surface area contributed by atoms with Crippen molar-refractivity contribution in [3.63, 3.8) is 0 Å². The number of nitrogens with zero attached hydrogens (tertiary/aromatic N) is 2. The predicted molar refractivity (Wildman–Crippen MR) is 144 cm³/mol. The Kier molecular flexibility index (Phi) is 3.98. The third-order valence-corrected chi connectivity index (χ3v) is 8.17. The third kappa shape index (κ3) is 2.75. The molecule has 1 aliphatic rings. The highest BCUT2D eigenvalue weighted by Gasteiger charge is 2.24. The normalized spacial score (nSPS) is 14.9. The van der Waals surface area contributed by atoms with Gasteiger partial charge < -0.3 is 0 Å². The summed E-state index contributed by atoms with van der Waals surface area (Å²) in [5, 5.41) is 4.91. The summed E-state index contributed by atoms with van der Waals surface area (Å²) in [5.74, 6) is 0. The number of aromatic nitrogens is 2. The van der Waals surface area contributed by atoms with Crippen molar-refractivity contribution in [2.24, 2.45) is 5.41 Å². The molecule has 0 radical (unpaired) electrons. The van der Waals surface area contributed by atoms with Crippen molar-refractivity contribution in [2.45, 2.75) is 20.3 Å². The van der Waals surface area contributed by atoms with E-state index in [-0.39, 0.29) is 11.0 Å². The van der Waals surface area contributed by atoms with Crippen molar-refractivity contribution in [1.82, 2.24) is 9.55 Å². The van der Waals surface area contributed by atoms with Crippen LogP contribution in [0.3, 0.4) is 0 Å². The Hall–Kier alpha value is -3.76. The Bertz CT molecular complexity index is 1890. The van der Waals surface area contributed by atoms with Crippen molar-refractivity contribution in [3.05, 3.63) is 99.8 Å². The first-order valence-electron chi connectivity index (χ1n) is 11.6. The minimum atomic E-state index is -0.0351. The summed E-state index contributed by atoms with van der Waals surface area (Å²) in [6, 6.07) is 22.7. The highest BCUT2D eigenvalue weighted by atomic mass is 32.1. The molecule has 0 fully saturated rings. The minimum Gasteiger partial charge on any atom is -0.276 e. The molecule has 6 aromatic rings. The Labute approximate surface area is 200 Å². The highest BCUT2D eigenvalue weighted by molar-refractivity contribution is 7.19. The summed E-state index contributed by atoms with van der Waals surface area (Å²) in [4.78, 5) is 20.0. The third-order valence-electron chi connectivity index (χ3n) is 6.99. The molecule has 3 nitrogen and oxygen atoms in total. The average molecular weight is 459 g/mol. The monoisotopic (exact) mass is 458 g/mol. The van der Waals surface area contributed by atoms with E-state index < -0.39 is 0 Å². The van der Waals surface area contributed by atoms with Crippen LogP contribution in [0.25, 0.3) is 54.4 Å². The van der Waals surface area contributed by atoms with E-state index in [9.17, 15) is 4.79 Å². The molecule has 0 amide bonds. The molecule has 7 rings (SSSR count). The van der Waals surface area contributed by atoms with Crippen LogP contribution in [0.4, 0.5) is 0 Å². The Morgan fingerprint density at radius 3 is 2.59 bits per heavy atom. The van der Waals surface area contributed by atoms with Gasteiger partial charge in [-0.2, -0.15) is 0 Å². The maximum atomic E-state index is 13.9. The lowest BCUT2D eigenvalue weighted by atomic mass is 9.83. The van der Waals surface area contributed by atoms with Gasteiger partial charge in [-0.3, -0.25) is 14.3 Å². The van der Waals surface area contributed by atoms with Crippen LogP contribution in [0.2, 0.25) is 0 Å². The second kappa shape index (κ2) is 6.87. The summed E-state index contributed by atoms with van der Waals surface area (Å²) in [5.41, 5.74) is 4.15. The van der Waals surface area contributed by atoms with Crippen LogP contribution in [0.15, 0.2) is 83.8 Å². The molecular formula is C30H22N2OS. The van der Waals surface area contributed by atoms with Crippen molar-refractivity contribution in [2.75, 3.05) is 0 Å².